The lowest BCUT2D eigenvalue weighted by atomic mass is 10.2. The number of carbonyl (C=O) groups excluding carboxylic acids is 2. The first kappa shape index (κ1) is 19.1. The Hall–Kier alpha value is -2.24. The van der Waals surface area contributed by atoms with E-state index >= 15 is 0 Å². The molecule has 25 heavy (non-hydrogen) atoms. The summed E-state index contributed by atoms with van der Waals surface area (Å²) in [7, 11) is 0. The van der Waals surface area contributed by atoms with E-state index in [9.17, 15) is 9.59 Å². The number of esters is 1. The fourth-order valence-electron chi connectivity index (χ4n) is 1.95. The zero-order valence-electron chi connectivity index (χ0n) is 13.7. The maximum absolute atomic E-state index is 12.1. The third-order valence-corrected chi connectivity index (χ3v) is 3.98. The molecule has 0 aliphatic rings. The molecule has 1 atom stereocenters. The quantitative estimate of drug-likeness (QED) is 0.743. The third kappa shape index (κ3) is 5.37. The van der Waals surface area contributed by atoms with E-state index in [1.807, 2.05) is 6.92 Å². The molecule has 2 aromatic rings. The number of rotatable bonds is 6. The lowest BCUT2D eigenvalue weighted by molar-refractivity contribution is -0.123. The standard InChI is InChI=1S/C18H17Cl2NO4/c1-3-24-14-7-5-13(6-8-14)21-17(22)11(2)25-18(23)12-4-9-15(19)16(20)10-12/h4-11H,3H2,1-2H3,(H,21,22)/t11-/m1/s1. The number of benzene rings is 2. The summed E-state index contributed by atoms with van der Waals surface area (Å²) in [4.78, 5) is 24.2. The topological polar surface area (TPSA) is 64.6 Å². The maximum Gasteiger partial charge on any atom is 0.338 e. The van der Waals surface area contributed by atoms with Crippen molar-refractivity contribution in [2.45, 2.75) is 20.0 Å². The van der Waals surface area contributed by atoms with Crippen LogP contribution < -0.4 is 10.1 Å². The second-order valence-electron chi connectivity index (χ2n) is 5.12. The minimum absolute atomic E-state index is 0.218. The van der Waals surface area contributed by atoms with Gasteiger partial charge in [-0.3, -0.25) is 4.79 Å². The summed E-state index contributed by atoms with van der Waals surface area (Å²) in [5.41, 5.74) is 0.793. The summed E-state index contributed by atoms with van der Waals surface area (Å²) in [6, 6.07) is 11.3. The molecule has 0 radical (unpaired) electrons. The predicted octanol–water partition coefficient (Wildman–Crippen LogP) is 4.58. The van der Waals surface area contributed by atoms with Gasteiger partial charge in [0.15, 0.2) is 6.10 Å². The van der Waals surface area contributed by atoms with Crippen molar-refractivity contribution in [3.05, 3.63) is 58.1 Å². The minimum atomic E-state index is -0.978. The van der Waals surface area contributed by atoms with Gasteiger partial charge in [-0.1, -0.05) is 23.2 Å². The van der Waals surface area contributed by atoms with E-state index in [0.717, 1.165) is 0 Å². The van der Waals surface area contributed by atoms with E-state index in [1.165, 1.54) is 25.1 Å². The van der Waals surface area contributed by atoms with Gasteiger partial charge in [0.1, 0.15) is 5.75 Å². The smallest absolute Gasteiger partial charge is 0.338 e. The van der Waals surface area contributed by atoms with Gasteiger partial charge in [-0.2, -0.15) is 0 Å². The number of carbonyl (C=O) groups is 2. The van der Waals surface area contributed by atoms with Crippen LogP contribution in [0.25, 0.3) is 0 Å². The fourth-order valence-corrected chi connectivity index (χ4v) is 2.25. The highest BCUT2D eigenvalue weighted by atomic mass is 35.5. The zero-order valence-corrected chi connectivity index (χ0v) is 15.2. The number of hydrogen-bond donors (Lipinski definition) is 1. The van der Waals surface area contributed by atoms with E-state index in [2.05, 4.69) is 5.32 Å². The van der Waals surface area contributed by atoms with Crippen molar-refractivity contribution in [2.75, 3.05) is 11.9 Å². The molecule has 1 amide bonds. The molecular formula is C18H17Cl2NO4. The summed E-state index contributed by atoms with van der Waals surface area (Å²) in [5.74, 6) is -0.398. The van der Waals surface area contributed by atoms with E-state index in [-0.39, 0.29) is 10.6 Å². The Morgan fingerprint density at radius 3 is 2.36 bits per heavy atom. The van der Waals surface area contributed by atoms with Crippen molar-refractivity contribution in [1.29, 1.82) is 0 Å². The molecule has 0 saturated heterocycles. The fraction of sp³-hybridized carbons (Fsp3) is 0.222. The van der Waals surface area contributed by atoms with Gasteiger partial charge in [-0.05, 0) is 56.3 Å². The predicted molar refractivity (Wildman–Crippen MR) is 97.6 cm³/mol. The van der Waals surface area contributed by atoms with E-state index < -0.39 is 18.0 Å². The molecule has 0 heterocycles. The number of halogens is 2. The largest absolute Gasteiger partial charge is 0.494 e. The molecule has 7 heteroatoms. The molecule has 2 rings (SSSR count). The molecule has 2 aromatic carbocycles. The van der Waals surface area contributed by atoms with Crippen molar-refractivity contribution in [2.24, 2.45) is 0 Å². The van der Waals surface area contributed by atoms with Gasteiger partial charge in [0.25, 0.3) is 5.91 Å². The number of ether oxygens (including phenoxy) is 2. The monoisotopic (exact) mass is 381 g/mol. The molecule has 0 saturated carbocycles. The summed E-state index contributed by atoms with van der Waals surface area (Å²) in [5, 5.41) is 3.24. The zero-order chi connectivity index (χ0) is 18.4. The van der Waals surface area contributed by atoms with Gasteiger partial charge in [-0.25, -0.2) is 4.79 Å². The average molecular weight is 382 g/mol. The van der Waals surface area contributed by atoms with Crippen LogP contribution in [-0.2, 0) is 9.53 Å². The average Bonchev–Trinajstić information content (AvgIpc) is 2.59. The Morgan fingerprint density at radius 2 is 1.76 bits per heavy atom. The lowest BCUT2D eigenvalue weighted by Gasteiger charge is -2.14. The Kier molecular flexibility index (Phi) is 6.67. The van der Waals surface area contributed by atoms with Crippen LogP contribution in [0.3, 0.4) is 0 Å². The molecule has 1 N–H and O–H groups in total. The summed E-state index contributed by atoms with van der Waals surface area (Å²) < 4.78 is 10.5. The van der Waals surface area contributed by atoms with Gasteiger partial charge < -0.3 is 14.8 Å². The Bertz CT molecular complexity index is 762. The molecule has 0 unspecified atom stereocenters. The molecule has 0 aliphatic heterocycles. The lowest BCUT2D eigenvalue weighted by Crippen LogP contribution is -2.30. The number of nitrogens with one attached hydrogen (secondary N) is 1. The first-order valence-electron chi connectivity index (χ1n) is 7.60. The summed E-state index contributed by atoms with van der Waals surface area (Å²) >= 11 is 11.7. The first-order chi connectivity index (χ1) is 11.9. The normalized spacial score (nSPS) is 11.5. The highest BCUT2D eigenvalue weighted by Gasteiger charge is 2.19. The highest BCUT2D eigenvalue weighted by Crippen LogP contribution is 2.23. The Morgan fingerprint density at radius 1 is 1.08 bits per heavy atom. The van der Waals surface area contributed by atoms with Crippen LogP contribution in [0.15, 0.2) is 42.5 Å². The third-order valence-electron chi connectivity index (χ3n) is 3.24. The molecule has 0 aliphatic carbocycles. The molecule has 0 fully saturated rings. The van der Waals surface area contributed by atoms with Gasteiger partial charge >= 0.3 is 5.97 Å². The maximum atomic E-state index is 12.1. The highest BCUT2D eigenvalue weighted by molar-refractivity contribution is 6.42. The Labute approximate surface area is 155 Å². The molecule has 5 nitrogen and oxygen atoms in total. The van der Waals surface area contributed by atoms with Gasteiger partial charge in [0, 0.05) is 5.69 Å². The molecule has 0 spiro atoms. The van der Waals surface area contributed by atoms with Gasteiger partial charge in [0.05, 0.1) is 22.2 Å². The van der Waals surface area contributed by atoms with Crippen molar-refractivity contribution < 1.29 is 19.1 Å². The first-order valence-corrected chi connectivity index (χ1v) is 8.36. The van der Waals surface area contributed by atoms with Crippen LogP contribution in [0.4, 0.5) is 5.69 Å². The molecule has 0 aromatic heterocycles. The van der Waals surface area contributed by atoms with Crippen molar-refractivity contribution in [3.63, 3.8) is 0 Å². The minimum Gasteiger partial charge on any atom is -0.494 e. The van der Waals surface area contributed by atoms with Crippen LogP contribution in [-0.4, -0.2) is 24.6 Å². The SMILES string of the molecule is CCOc1ccc(NC(=O)[C@@H](C)OC(=O)c2ccc(Cl)c(Cl)c2)cc1. The van der Waals surface area contributed by atoms with Crippen LogP contribution >= 0.6 is 23.2 Å². The summed E-state index contributed by atoms with van der Waals surface area (Å²) in [6.45, 7) is 3.94. The van der Waals surface area contributed by atoms with Crippen LogP contribution in [0.2, 0.25) is 10.0 Å². The van der Waals surface area contributed by atoms with Crippen LogP contribution in [0.1, 0.15) is 24.2 Å². The van der Waals surface area contributed by atoms with E-state index in [1.54, 1.807) is 24.3 Å². The number of amides is 1. The van der Waals surface area contributed by atoms with Crippen LogP contribution in [0.5, 0.6) is 5.75 Å². The van der Waals surface area contributed by atoms with Crippen molar-refractivity contribution in [3.8, 4) is 5.75 Å². The molecule has 132 valence electrons. The van der Waals surface area contributed by atoms with Crippen molar-refractivity contribution in [1.82, 2.24) is 0 Å². The molecular weight excluding hydrogens is 365 g/mol. The van der Waals surface area contributed by atoms with Crippen LogP contribution in [0, 0.1) is 0 Å². The second kappa shape index (κ2) is 8.74. The van der Waals surface area contributed by atoms with E-state index in [0.29, 0.717) is 23.1 Å². The van der Waals surface area contributed by atoms with E-state index in [4.69, 9.17) is 32.7 Å². The van der Waals surface area contributed by atoms with Crippen molar-refractivity contribution >= 4 is 40.8 Å². The number of anilines is 1. The van der Waals surface area contributed by atoms with Gasteiger partial charge in [0.2, 0.25) is 0 Å². The summed E-state index contributed by atoms with van der Waals surface area (Å²) in [6.07, 6.45) is -0.978. The second-order valence-corrected chi connectivity index (χ2v) is 5.94. The Balaban J connectivity index is 1.94. The molecule has 0 bridgehead atoms. The number of hydrogen-bond acceptors (Lipinski definition) is 4. The van der Waals surface area contributed by atoms with Gasteiger partial charge in [-0.15, -0.1) is 0 Å².